The van der Waals surface area contributed by atoms with Crippen molar-refractivity contribution in [2.75, 3.05) is 0 Å². The predicted octanol–water partition coefficient (Wildman–Crippen LogP) is 4.51. The molecule has 9 aliphatic carbocycles. The first-order chi connectivity index (χ1) is 15.5. The molecule has 172 valence electrons. The Bertz CT molecular complexity index is 743. The van der Waals surface area contributed by atoms with Crippen molar-refractivity contribution in [2.45, 2.75) is 89.1 Å². The van der Waals surface area contributed by atoms with Crippen molar-refractivity contribution in [1.82, 2.24) is 10.6 Å². The first kappa shape index (κ1) is 19.9. The fraction of sp³-hybridized carbons (Fsp3) is 0.786. The summed E-state index contributed by atoms with van der Waals surface area (Å²) in [5.41, 5.74) is -0.281. The highest BCUT2D eigenvalue weighted by atomic mass is 16.2. The van der Waals surface area contributed by atoms with E-state index in [1.807, 2.05) is 12.2 Å². The second kappa shape index (κ2) is 6.96. The molecule has 0 spiro atoms. The SMILES string of the molecule is O=C(NC1C=CC=CC1NC(=O)C12CC3CC(CC(C3)C1)C2)C12CC3CC(CC(C3)C1)C2. The number of hydrogen-bond acceptors (Lipinski definition) is 2. The Kier molecular flexibility index (Phi) is 4.32. The lowest BCUT2D eigenvalue weighted by molar-refractivity contribution is -0.149. The molecule has 0 radical (unpaired) electrons. The van der Waals surface area contributed by atoms with E-state index in [-0.39, 0.29) is 34.7 Å². The van der Waals surface area contributed by atoms with E-state index in [4.69, 9.17) is 0 Å². The van der Waals surface area contributed by atoms with Gasteiger partial charge in [0.25, 0.3) is 0 Å². The van der Waals surface area contributed by atoms with Crippen molar-refractivity contribution >= 4 is 11.8 Å². The first-order valence-electron chi connectivity index (χ1n) is 13.5. The molecule has 9 rings (SSSR count). The van der Waals surface area contributed by atoms with E-state index < -0.39 is 0 Å². The van der Waals surface area contributed by atoms with Gasteiger partial charge in [0, 0.05) is 10.8 Å². The molecule has 8 bridgehead atoms. The molecule has 4 nitrogen and oxygen atoms in total. The quantitative estimate of drug-likeness (QED) is 0.684. The van der Waals surface area contributed by atoms with E-state index >= 15 is 0 Å². The van der Waals surface area contributed by atoms with Crippen molar-refractivity contribution < 1.29 is 9.59 Å². The number of carbonyl (C=O) groups excluding carboxylic acids is 2. The second-order valence-electron chi connectivity index (χ2n) is 13.2. The minimum atomic E-state index is -0.141. The highest BCUT2D eigenvalue weighted by molar-refractivity contribution is 5.85. The zero-order valence-corrected chi connectivity index (χ0v) is 19.2. The first-order valence-corrected chi connectivity index (χ1v) is 13.5. The van der Waals surface area contributed by atoms with E-state index in [0.717, 1.165) is 74.0 Å². The average Bonchev–Trinajstić information content (AvgIpc) is 2.73. The van der Waals surface area contributed by atoms with E-state index in [2.05, 4.69) is 22.8 Å². The fourth-order valence-corrected chi connectivity index (χ4v) is 10.3. The number of allylic oxidation sites excluding steroid dienone is 2. The topological polar surface area (TPSA) is 58.2 Å². The molecular formula is C28H38N2O2. The highest BCUT2D eigenvalue weighted by Gasteiger charge is 2.56. The Morgan fingerprint density at radius 1 is 0.531 bits per heavy atom. The van der Waals surface area contributed by atoms with Crippen molar-refractivity contribution in [3.05, 3.63) is 24.3 Å². The van der Waals surface area contributed by atoms with E-state index in [1.54, 1.807) is 0 Å². The summed E-state index contributed by atoms with van der Waals surface area (Å²) in [5, 5.41) is 6.83. The molecule has 2 N–H and O–H groups in total. The van der Waals surface area contributed by atoms with Crippen LogP contribution in [0.15, 0.2) is 24.3 Å². The Morgan fingerprint density at radius 2 is 0.812 bits per heavy atom. The van der Waals surface area contributed by atoms with Crippen molar-refractivity contribution in [3.63, 3.8) is 0 Å². The number of rotatable bonds is 4. The summed E-state index contributed by atoms with van der Waals surface area (Å²) in [6, 6.07) is -0.253. The van der Waals surface area contributed by atoms with Gasteiger partial charge in [-0.2, -0.15) is 0 Å². The summed E-state index contributed by atoms with van der Waals surface area (Å²) < 4.78 is 0. The Morgan fingerprint density at radius 3 is 1.09 bits per heavy atom. The monoisotopic (exact) mass is 434 g/mol. The van der Waals surface area contributed by atoms with Gasteiger partial charge in [0.15, 0.2) is 0 Å². The molecule has 0 aromatic heterocycles. The van der Waals surface area contributed by atoms with E-state index in [0.29, 0.717) is 0 Å². The Labute approximate surface area is 192 Å². The predicted molar refractivity (Wildman–Crippen MR) is 123 cm³/mol. The number of hydrogen-bond donors (Lipinski definition) is 2. The molecule has 4 heteroatoms. The lowest BCUT2D eigenvalue weighted by atomic mass is 9.49. The maximum Gasteiger partial charge on any atom is 0.226 e. The van der Waals surface area contributed by atoms with Crippen molar-refractivity contribution in [3.8, 4) is 0 Å². The molecule has 32 heavy (non-hydrogen) atoms. The smallest absolute Gasteiger partial charge is 0.226 e. The van der Waals surface area contributed by atoms with Gasteiger partial charge in [-0.1, -0.05) is 24.3 Å². The Hall–Kier alpha value is -1.58. The van der Waals surface area contributed by atoms with E-state index in [1.165, 1.54) is 38.5 Å². The van der Waals surface area contributed by atoms with Crippen LogP contribution >= 0.6 is 0 Å². The minimum absolute atomic E-state index is 0.127. The van der Waals surface area contributed by atoms with Crippen LogP contribution in [-0.4, -0.2) is 23.9 Å². The molecule has 0 aromatic carbocycles. The summed E-state index contributed by atoms with van der Waals surface area (Å²) in [5.74, 6) is 5.11. The molecule has 8 fully saturated rings. The fourth-order valence-electron chi connectivity index (χ4n) is 10.3. The Balaban J connectivity index is 1.06. The van der Waals surface area contributed by atoms with Gasteiger partial charge in [0.05, 0.1) is 12.1 Å². The van der Waals surface area contributed by atoms with Gasteiger partial charge in [-0.25, -0.2) is 0 Å². The zero-order valence-electron chi connectivity index (χ0n) is 19.2. The van der Waals surface area contributed by atoms with E-state index in [9.17, 15) is 9.59 Å². The maximum atomic E-state index is 13.6. The molecule has 0 heterocycles. The molecular weight excluding hydrogens is 396 g/mol. The van der Waals surface area contributed by atoms with Crippen LogP contribution in [0.3, 0.4) is 0 Å². The molecule has 2 atom stereocenters. The van der Waals surface area contributed by atoms with Gasteiger partial charge in [-0.05, 0) is 113 Å². The van der Waals surface area contributed by atoms with Crippen LogP contribution in [0.4, 0.5) is 0 Å². The summed E-state index contributed by atoms with van der Waals surface area (Å²) in [4.78, 5) is 27.3. The normalized spacial score (nSPS) is 51.8. The molecule has 0 aromatic rings. The molecule has 0 saturated heterocycles. The number of carbonyl (C=O) groups is 2. The van der Waals surface area contributed by atoms with Crippen molar-refractivity contribution in [1.29, 1.82) is 0 Å². The van der Waals surface area contributed by atoms with Crippen LogP contribution in [0.25, 0.3) is 0 Å². The van der Waals surface area contributed by atoms with Crippen LogP contribution in [0.2, 0.25) is 0 Å². The molecule has 0 aliphatic heterocycles. The zero-order chi connectivity index (χ0) is 21.5. The lowest BCUT2D eigenvalue weighted by Gasteiger charge is -2.56. The highest BCUT2D eigenvalue weighted by Crippen LogP contribution is 2.61. The minimum Gasteiger partial charge on any atom is -0.347 e. The lowest BCUT2D eigenvalue weighted by Crippen LogP contribution is -2.60. The third-order valence-corrected chi connectivity index (χ3v) is 10.8. The van der Waals surface area contributed by atoms with Gasteiger partial charge in [-0.3, -0.25) is 9.59 Å². The summed E-state index contributed by atoms with van der Waals surface area (Å²) in [7, 11) is 0. The third-order valence-electron chi connectivity index (χ3n) is 10.8. The van der Waals surface area contributed by atoms with Crippen molar-refractivity contribution in [2.24, 2.45) is 46.3 Å². The standard InChI is InChI=1S/C28H38N2O2/c31-25(27-11-17-5-18(12-27)7-19(6-17)13-27)29-23-3-1-2-4-24(23)30-26(32)28-14-20-8-21(15-28)10-22(9-20)16-28/h1-4,17-24H,5-16H2,(H,29,31)(H,30,32). The second-order valence-corrected chi connectivity index (χ2v) is 13.2. The summed E-state index contributed by atoms with van der Waals surface area (Å²) in [6.45, 7) is 0. The number of nitrogens with one attached hydrogen (secondary N) is 2. The largest absolute Gasteiger partial charge is 0.347 e. The summed E-state index contributed by atoms with van der Waals surface area (Å²) in [6.07, 6.45) is 22.8. The summed E-state index contributed by atoms with van der Waals surface area (Å²) >= 11 is 0. The van der Waals surface area contributed by atoms with Gasteiger partial charge in [-0.15, -0.1) is 0 Å². The molecule has 8 saturated carbocycles. The molecule has 2 unspecified atom stereocenters. The van der Waals surface area contributed by atoms with Crippen LogP contribution in [0, 0.1) is 46.3 Å². The average molecular weight is 435 g/mol. The number of amides is 2. The molecule has 2 amide bonds. The van der Waals surface area contributed by atoms with Gasteiger partial charge < -0.3 is 10.6 Å². The maximum absolute atomic E-state index is 13.6. The van der Waals surface area contributed by atoms with Gasteiger partial charge >= 0.3 is 0 Å². The third kappa shape index (κ3) is 3.07. The van der Waals surface area contributed by atoms with Crippen LogP contribution in [-0.2, 0) is 9.59 Å². The van der Waals surface area contributed by atoms with Gasteiger partial charge in [0.2, 0.25) is 11.8 Å². The van der Waals surface area contributed by atoms with Crippen LogP contribution in [0.5, 0.6) is 0 Å². The van der Waals surface area contributed by atoms with Gasteiger partial charge in [0.1, 0.15) is 0 Å². The molecule has 9 aliphatic rings. The van der Waals surface area contributed by atoms with Crippen LogP contribution < -0.4 is 10.6 Å². The van der Waals surface area contributed by atoms with Crippen LogP contribution in [0.1, 0.15) is 77.0 Å².